The topological polar surface area (TPSA) is 25.8 Å². The van der Waals surface area contributed by atoms with Crippen molar-refractivity contribution in [3.8, 4) is 30.6 Å². The molecule has 0 bridgehead atoms. The normalized spacial score (nSPS) is 12.4. The third-order valence-electron chi connectivity index (χ3n) is 10.4. The summed E-state index contributed by atoms with van der Waals surface area (Å²) in [4.78, 5) is 8.21. The van der Waals surface area contributed by atoms with Crippen LogP contribution in [0.3, 0.4) is 0 Å². The van der Waals surface area contributed by atoms with Crippen molar-refractivity contribution < 1.29 is 0 Å². The maximum Gasteiger partial charge on any atom is 0.114 e. The highest BCUT2D eigenvalue weighted by Crippen LogP contribution is 2.46. The van der Waals surface area contributed by atoms with Crippen molar-refractivity contribution in [3.05, 3.63) is 104 Å². The monoisotopic (exact) mass is 820 g/mol. The SMILES string of the molecule is C/C=C(\C)c1sc(-c2ccc(-c3cc(CCCCCC)c(-c4cc(CCCCCCC)c(/C=C/c5ccc(/C=C/S)cc5)s4)s3)c3nsnc23)cc1CCC. The Labute approximate surface area is 351 Å². The first kappa shape index (κ1) is 41.6. The van der Waals surface area contributed by atoms with Crippen molar-refractivity contribution in [2.75, 3.05) is 0 Å². The van der Waals surface area contributed by atoms with Crippen molar-refractivity contribution >= 4 is 93.2 Å². The minimum absolute atomic E-state index is 1.03. The van der Waals surface area contributed by atoms with Gasteiger partial charge in [-0.25, -0.2) is 0 Å². The summed E-state index contributed by atoms with van der Waals surface area (Å²) in [6.07, 6.45) is 24.8. The molecular weight excluding hydrogens is 765 g/mol. The van der Waals surface area contributed by atoms with Crippen LogP contribution >= 0.6 is 58.4 Å². The Balaban J connectivity index is 1.38. The second kappa shape index (κ2) is 20.9. The predicted octanol–water partition coefficient (Wildman–Crippen LogP) is 17.0. The fourth-order valence-corrected chi connectivity index (χ4v) is 11.7. The molecule has 7 heteroatoms. The van der Waals surface area contributed by atoms with Crippen molar-refractivity contribution in [1.82, 2.24) is 8.75 Å². The molecule has 0 aliphatic heterocycles. The quantitative estimate of drug-likeness (QED) is 0.0613. The number of hydrogen-bond acceptors (Lipinski definition) is 7. The molecule has 2 nitrogen and oxygen atoms in total. The zero-order valence-electron chi connectivity index (χ0n) is 33.2. The number of unbranched alkanes of at least 4 members (excludes halogenated alkanes) is 7. The van der Waals surface area contributed by atoms with Gasteiger partial charge in [-0.05, 0) is 115 Å². The maximum absolute atomic E-state index is 4.95. The second-order valence-corrected chi connectivity index (χ2v) is 18.6. The summed E-state index contributed by atoms with van der Waals surface area (Å²) in [6, 6.07) is 20.7. The lowest BCUT2D eigenvalue weighted by molar-refractivity contribution is 0.632. The minimum Gasteiger partial charge on any atom is -0.172 e. The van der Waals surface area contributed by atoms with Gasteiger partial charge >= 0.3 is 0 Å². The van der Waals surface area contributed by atoms with Gasteiger partial charge in [0.25, 0.3) is 0 Å². The molecule has 4 heterocycles. The number of thiophene rings is 3. The summed E-state index contributed by atoms with van der Waals surface area (Å²) >= 11 is 11.4. The Morgan fingerprint density at radius 3 is 1.82 bits per heavy atom. The lowest BCUT2D eigenvalue weighted by atomic mass is 10.0. The number of aromatic nitrogens is 2. The fraction of sp³-hybridized carbons (Fsp3) is 0.375. The lowest BCUT2D eigenvalue weighted by Gasteiger charge is -2.03. The van der Waals surface area contributed by atoms with E-state index in [-0.39, 0.29) is 0 Å². The van der Waals surface area contributed by atoms with Crippen LogP contribution in [0.5, 0.6) is 0 Å². The van der Waals surface area contributed by atoms with E-state index >= 15 is 0 Å². The summed E-state index contributed by atoms with van der Waals surface area (Å²) in [7, 11) is 0. The van der Waals surface area contributed by atoms with Gasteiger partial charge in [0.05, 0.1) is 11.7 Å². The average Bonchev–Trinajstić information content (AvgIpc) is 4.02. The second-order valence-electron chi connectivity index (χ2n) is 14.6. The first-order valence-corrected chi connectivity index (χ1v) is 24.0. The zero-order valence-corrected chi connectivity index (χ0v) is 37.4. The van der Waals surface area contributed by atoms with E-state index in [1.807, 2.05) is 40.1 Å². The molecule has 288 valence electrons. The van der Waals surface area contributed by atoms with Crippen molar-refractivity contribution in [2.24, 2.45) is 0 Å². The van der Waals surface area contributed by atoms with Crippen LogP contribution in [0, 0.1) is 0 Å². The average molecular weight is 821 g/mol. The van der Waals surface area contributed by atoms with Crippen LogP contribution in [-0.4, -0.2) is 8.75 Å². The molecule has 0 atom stereocenters. The molecule has 0 saturated carbocycles. The van der Waals surface area contributed by atoms with Crippen LogP contribution in [0.15, 0.2) is 66.1 Å². The molecule has 0 spiro atoms. The van der Waals surface area contributed by atoms with Gasteiger partial charge in [0, 0.05) is 40.4 Å². The van der Waals surface area contributed by atoms with Gasteiger partial charge in [0.2, 0.25) is 0 Å². The van der Waals surface area contributed by atoms with Gasteiger partial charge in [0.15, 0.2) is 0 Å². The van der Waals surface area contributed by atoms with Gasteiger partial charge in [-0.3, -0.25) is 0 Å². The van der Waals surface area contributed by atoms with Gasteiger partial charge in [-0.2, -0.15) is 21.4 Å². The van der Waals surface area contributed by atoms with Crippen molar-refractivity contribution in [1.29, 1.82) is 0 Å². The van der Waals surface area contributed by atoms with Gasteiger partial charge < -0.3 is 0 Å². The standard InChI is InChI=1S/C48H56N2S5/c1-6-10-12-14-16-18-36-30-44(52-41(36)27-24-34-20-22-35(23-21-34)28-29-51)48-38(19-15-13-11-7-2)32-43(54-48)40-26-25-39(45-46(40)50-55-49-45)42-31-37(17-8-3)47(53-42)33(5)9-4/h9,20-32,51H,6-8,10-19H2,1-5H3/b27-24+,29-28+,33-9+. The van der Waals surface area contributed by atoms with E-state index in [2.05, 4.69) is 120 Å². The van der Waals surface area contributed by atoms with E-state index in [9.17, 15) is 0 Å². The number of benzene rings is 2. The van der Waals surface area contributed by atoms with Gasteiger partial charge in [-0.15, -0.1) is 34.0 Å². The molecule has 0 aliphatic carbocycles. The molecule has 0 saturated heterocycles. The third-order valence-corrected chi connectivity index (χ3v) is 15.0. The fourth-order valence-electron chi connectivity index (χ4n) is 7.23. The van der Waals surface area contributed by atoms with Crippen LogP contribution in [0.4, 0.5) is 0 Å². The number of hydrogen-bond donors (Lipinski definition) is 1. The Morgan fingerprint density at radius 2 is 1.18 bits per heavy atom. The van der Waals surface area contributed by atoms with E-state index in [0.29, 0.717) is 0 Å². The molecule has 55 heavy (non-hydrogen) atoms. The van der Waals surface area contributed by atoms with E-state index in [4.69, 9.17) is 8.75 Å². The molecule has 0 aliphatic rings. The molecular formula is C48H56N2S5. The lowest BCUT2D eigenvalue weighted by Crippen LogP contribution is -1.87. The van der Waals surface area contributed by atoms with Crippen LogP contribution in [0.2, 0.25) is 0 Å². The first-order valence-electron chi connectivity index (χ1n) is 20.3. The molecule has 6 rings (SSSR count). The van der Waals surface area contributed by atoms with Crippen molar-refractivity contribution in [2.45, 2.75) is 118 Å². The zero-order chi connectivity index (χ0) is 38.6. The molecule has 0 fully saturated rings. The van der Waals surface area contributed by atoms with E-state index < -0.39 is 0 Å². The smallest absolute Gasteiger partial charge is 0.114 e. The Hall–Kier alpha value is -3.07. The summed E-state index contributed by atoms with van der Waals surface area (Å²) in [5.74, 6) is 0. The van der Waals surface area contributed by atoms with Gasteiger partial charge in [-0.1, -0.05) is 121 Å². The highest BCUT2D eigenvalue weighted by atomic mass is 32.1. The Kier molecular flexibility index (Phi) is 15.8. The van der Waals surface area contributed by atoms with E-state index in [1.54, 1.807) is 5.41 Å². The van der Waals surface area contributed by atoms with Crippen LogP contribution in [0.25, 0.3) is 65.5 Å². The number of aryl methyl sites for hydroxylation is 3. The molecule has 0 unspecified atom stereocenters. The van der Waals surface area contributed by atoms with E-state index in [0.717, 1.165) is 36.7 Å². The molecule has 0 N–H and O–H groups in total. The van der Waals surface area contributed by atoms with Crippen LogP contribution in [0.1, 0.15) is 136 Å². The maximum atomic E-state index is 4.95. The molecule has 2 aromatic carbocycles. The number of fused-ring (bicyclic) bond motifs is 1. The van der Waals surface area contributed by atoms with Gasteiger partial charge in [0.1, 0.15) is 11.0 Å². The Morgan fingerprint density at radius 1 is 0.600 bits per heavy atom. The number of nitrogens with zero attached hydrogens (tertiary/aromatic N) is 2. The summed E-state index contributed by atoms with van der Waals surface area (Å²) in [5.41, 5.74) is 12.6. The minimum atomic E-state index is 1.03. The highest BCUT2D eigenvalue weighted by Gasteiger charge is 2.21. The largest absolute Gasteiger partial charge is 0.172 e. The number of allylic oxidation sites excluding steroid dienone is 2. The summed E-state index contributed by atoms with van der Waals surface area (Å²) in [5, 5.41) is 1.79. The van der Waals surface area contributed by atoms with E-state index in [1.165, 1.54) is 143 Å². The number of thiol groups is 1. The summed E-state index contributed by atoms with van der Waals surface area (Å²) in [6.45, 7) is 11.2. The molecule has 0 radical (unpaired) electrons. The number of rotatable bonds is 20. The van der Waals surface area contributed by atoms with Crippen molar-refractivity contribution in [3.63, 3.8) is 0 Å². The first-order chi connectivity index (χ1) is 27.0. The van der Waals surface area contributed by atoms with Crippen LogP contribution in [-0.2, 0) is 19.3 Å². The molecule has 6 aromatic rings. The molecule has 0 amide bonds. The predicted molar refractivity (Wildman–Crippen MR) is 254 cm³/mol. The highest BCUT2D eigenvalue weighted by molar-refractivity contribution is 7.83. The molecule has 4 aromatic heterocycles. The van der Waals surface area contributed by atoms with Crippen LogP contribution < -0.4 is 0 Å². The Bertz CT molecular complexity index is 2220. The third kappa shape index (κ3) is 10.5. The summed E-state index contributed by atoms with van der Waals surface area (Å²) < 4.78 is 9.88.